The van der Waals surface area contributed by atoms with Gasteiger partial charge in [0.1, 0.15) is 21.9 Å². The van der Waals surface area contributed by atoms with Crippen LogP contribution in [0.3, 0.4) is 0 Å². The Balaban J connectivity index is 0.000000254. The standard InChI is InChI=1S/C12H13N3O2.C2H10OSi2/c16-9-7-8(13-1-2-13)12(17)11(15-5-6-15)10(9)14-3-4-14;1-5(2)3-4/h7H,1-6H2;5H,1-2,4H3. The third kappa shape index (κ3) is 3.33. The number of carbonyl (C=O) groups is 2. The van der Waals surface area contributed by atoms with Gasteiger partial charge < -0.3 is 18.8 Å². The summed E-state index contributed by atoms with van der Waals surface area (Å²) in [5.74, 6) is 0.0485. The average molecular weight is 338 g/mol. The fourth-order valence-electron chi connectivity index (χ4n) is 2.28. The average Bonchev–Trinajstić information content (AvgIpc) is 3.34. The Morgan fingerprint density at radius 2 is 1.41 bits per heavy atom. The summed E-state index contributed by atoms with van der Waals surface area (Å²) in [5, 5.41) is 0. The molecule has 4 aliphatic rings. The first-order valence-corrected chi connectivity index (χ1v) is 11.4. The molecule has 0 N–H and O–H groups in total. The van der Waals surface area contributed by atoms with Crippen molar-refractivity contribution in [1.29, 1.82) is 0 Å². The Labute approximate surface area is 135 Å². The van der Waals surface area contributed by atoms with E-state index in [4.69, 9.17) is 4.12 Å². The van der Waals surface area contributed by atoms with Crippen molar-refractivity contribution in [2.45, 2.75) is 13.1 Å². The molecular formula is C14H23N3O3Si2. The molecule has 4 rings (SSSR count). The first-order chi connectivity index (χ1) is 10.5. The summed E-state index contributed by atoms with van der Waals surface area (Å²) < 4.78 is 5.03. The molecule has 0 amide bonds. The maximum atomic E-state index is 12.4. The van der Waals surface area contributed by atoms with E-state index in [0.29, 0.717) is 17.1 Å². The van der Waals surface area contributed by atoms with Gasteiger partial charge in [-0.05, 0) is 13.1 Å². The molecule has 120 valence electrons. The molecule has 0 saturated carbocycles. The monoisotopic (exact) mass is 337 g/mol. The van der Waals surface area contributed by atoms with E-state index in [-0.39, 0.29) is 11.6 Å². The first-order valence-electron chi connectivity index (χ1n) is 7.85. The van der Waals surface area contributed by atoms with Gasteiger partial charge in [-0.2, -0.15) is 0 Å². The van der Waals surface area contributed by atoms with Crippen molar-refractivity contribution < 1.29 is 13.7 Å². The fourth-order valence-corrected chi connectivity index (χ4v) is 2.28. The van der Waals surface area contributed by atoms with Crippen molar-refractivity contribution in [3.63, 3.8) is 0 Å². The highest BCUT2D eigenvalue weighted by Crippen LogP contribution is 2.33. The summed E-state index contributed by atoms with van der Waals surface area (Å²) in [6.45, 7) is 9.75. The molecule has 3 heterocycles. The van der Waals surface area contributed by atoms with Crippen LogP contribution in [0.15, 0.2) is 23.2 Å². The van der Waals surface area contributed by atoms with Gasteiger partial charge in [0.2, 0.25) is 11.6 Å². The third-order valence-electron chi connectivity index (χ3n) is 3.96. The molecule has 0 radical (unpaired) electrons. The van der Waals surface area contributed by atoms with E-state index in [1.54, 1.807) is 0 Å². The van der Waals surface area contributed by atoms with Crippen LogP contribution in [0.4, 0.5) is 0 Å². The summed E-state index contributed by atoms with van der Waals surface area (Å²) >= 11 is 0. The van der Waals surface area contributed by atoms with E-state index in [2.05, 4.69) is 13.1 Å². The number of allylic oxidation sites excluding steroid dienone is 1. The van der Waals surface area contributed by atoms with Gasteiger partial charge in [-0.3, -0.25) is 9.59 Å². The van der Waals surface area contributed by atoms with Crippen LogP contribution in [0, 0.1) is 0 Å². The quantitative estimate of drug-likeness (QED) is 0.352. The summed E-state index contributed by atoms with van der Waals surface area (Å²) in [5.41, 5.74) is 1.89. The Bertz CT molecular complexity index is 562. The number of rotatable bonds is 4. The predicted molar refractivity (Wildman–Crippen MR) is 89.7 cm³/mol. The van der Waals surface area contributed by atoms with Crippen molar-refractivity contribution in [2.24, 2.45) is 0 Å². The molecule has 3 fully saturated rings. The summed E-state index contributed by atoms with van der Waals surface area (Å²) in [4.78, 5) is 30.5. The molecule has 0 atom stereocenters. The minimum Gasteiger partial charge on any atom is -0.466 e. The highest BCUT2D eigenvalue weighted by atomic mass is 28.3. The van der Waals surface area contributed by atoms with Crippen LogP contribution >= 0.6 is 0 Å². The van der Waals surface area contributed by atoms with E-state index in [9.17, 15) is 9.59 Å². The van der Waals surface area contributed by atoms with Crippen LogP contribution < -0.4 is 0 Å². The zero-order valence-corrected chi connectivity index (χ0v) is 16.6. The number of nitrogens with zero attached hydrogens (tertiary/aromatic N) is 3. The predicted octanol–water partition coefficient (Wildman–Crippen LogP) is -1.55. The molecule has 6 nitrogen and oxygen atoms in total. The molecule has 8 heteroatoms. The minimum absolute atomic E-state index is 0.00546. The van der Waals surface area contributed by atoms with Crippen LogP contribution in [-0.2, 0) is 13.7 Å². The van der Waals surface area contributed by atoms with Crippen molar-refractivity contribution in [2.75, 3.05) is 39.3 Å². The molecule has 3 aliphatic heterocycles. The molecule has 0 aromatic carbocycles. The van der Waals surface area contributed by atoms with Gasteiger partial charge in [0.25, 0.3) is 0 Å². The Kier molecular flexibility index (Phi) is 4.24. The van der Waals surface area contributed by atoms with Crippen molar-refractivity contribution in [3.8, 4) is 0 Å². The van der Waals surface area contributed by atoms with Gasteiger partial charge in [-0.15, -0.1) is 0 Å². The van der Waals surface area contributed by atoms with Crippen LogP contribution in [-0.4, -0.2) is 85.1 Å². The smallest absolute Gasteiger partial charge is 0.227 e. The first kappa shape index (κ1) is 15.5. The van der Waals surface area contributed by atoms with E-state index < -0.39 is 9.04 Å². The second-order valence-corrected chi connectivity index (χ2v) is 10.1. The van der Waals surface area contributed by atoms with E-state index in [1.807, 2.05) is 14.7 Å². The van der Waals surface area contributed by atoms with Gasteiger partial charge in [0.05, 0.1) is 5.70 Å². The fraction of sp³-hybridized carbons (Fsp3) is 0.571. The molecule has 0 aromatic heterocycles. The topological polar surface area (TPSA) is 52.4 Å². The van der Waals surface area contributed by atoms with Crippen molar-refractivity contribution in [3.05, 3.63) is 23.2 Å². The van der Waals surface area contributed by atoms with Crippen LogP contribution in [0.5, 0.6) is 0 Å². The van der Waals surface area contributed by atoms with Crippen molar-refractivity contribution >= 4 is 31.1 Å². The lowest BCUT2D eigenvalue weighted by Crippen LogP contribution is -2.29. The second-order valence-electron chi connectivity index (χ2n) is 6.17. The molecule has 3 saturated heterocycles. The van der Waals surface area contributed by atoms with Crippen LogP contribution in [0.2, 0.25) is 13.1 Å². The number of hydrogen-bond acceptors (Lipinski definition) is 6. The van der Waals surface area contributed by atoms with Crippen LogP contribution in [0.1, 0.15) is 0 Å². The van der Waals surface area contributed by atoms with Crippen molar-refractivity contribution in [1.82, 2.24) is 14.7 Å². The van der Waals surface area contributed by atoms with E-state index >= 15 is 0 Å². The lowest BCUT2D eigenvalue weighted by atomic mass is 10.0. The normalized spacial score (nSPS) is 22.9. The van der Waals surface area contributed by atoms with Gasteiger partial charge in [0.15, 0.2) is 9.04 Å². The maximum Gasteiger partial charge on any atom is 0.227 e. The largest absolute Gasteiger partial charge is 0.466 e. The Morgan fingerprint density at radius 1 is 0.955 bits per heavy atom. The zero-order valence-electron chi connectivity index (χ0n) is 13.5. The SMILES string of the molecule is C[SiH](C)O[SiH3].O=C1C=C(N2CC2)C(=O)C(N2CC2)=C1N1CC1. The molecule has 22 heavy (non-hydrogen) atoms. The van der Waals surface area contributed by atoms with Gasteiger partial charge >= 0.3 is 0 Å². The second kappa shape index (κ2) is 6.01. The lowest BCUT2D eigenvalue weighted by Gasteiger charge is -2.21. The Hall–Kier alpha value is -1.39. The minimum atomic E-state index is -0.588. The van der Waals surface area contributed by atoms with E-state index in [0.717, 1.165) is 49.8 Å². The van der Waals surface area contributed by atoms with Gasteiger partial charge in [-0.25, -0.2) is 0 Å². The highest BCUT2D eigenvalue weighted by Gasteiger charge is 2.43. The van der Waals surface area contributed by atoms with Gasteiger partial charge in [0, 0.05) is 45.3 Å². The number of hydrogen-bond donors (Lipinski definition) is 0. The summed E-state index contributed by atoms with van der Waals surface area (Å²) in [6, 6.07) is 0. The molecule has 0 spiro atoms. The molecular weight excluding hydrogens is 314 g/mol. The maximum absolute atomic E-state index is 12.4. The molecule has 0 bridgehead atoms. The number of carbonyl (C=O) groups excluding carboxylic acids is 2. The molecule has 0 aromatic rings. The highest BCUT2D eigenvalue weighted by molar-refractivity contribution is 6.52. The number of Topliss-reactive ketones (excluding diaryl/α,β-unsaturated/α-hetero) is 1. The van der Waals surface area contributed by atoms with Crippen LogP contribution in [0.25, 0.3) is 0 Å². The molecule has 0 unspecified atom stereocenters. The summed E-state index contributed by atoms with van der Waals surface area (Å²) in [6.07, 6.45) is 1.52. The van der Waals surface area contributed by atoms with Gasteiger partial charge in [-0.1, -0.05) is 0 Å². The molecule has 1 aliphatic carbocycles. The third-order valence-corrected chi connectivity index (χ3v) is 7.73. The lowest BCUT2D eigenvalue weighted by molar-refractivity contribution is -0.117. The van der Waals surface area contributed by atoms with E-state index in [1.165, 1.54) is 6.08 Å². The number of ketones is 2. The Morgan fingerprint density at radius 3 is 1.82 bits per heavy atom. The zero-order chi connectivity index (χ0) is 15.9. The summed E-state index contributed by atoms with van der Waals surface area (Å²) in [7, 11) is 0.347.